The highest BCUT2D eigenvalue weighted by atomic mass is 16.5. The number of ether oxygens (including phenoxy) is 3. The molecule has 0 saturated heterocycles. The molecule has 1 aliphatic rings. The highest BCUT2D eigenvalue weighted by Gasteiger charge is 2.14. The van der Waals surface area contributed by atoms with E-state index in [9.17, 15) is 4.79 Å². The van der Waals surface area contributed by atoms with Gasteiger partial charge in [0, 0.05) is 18.3 Å². The van der Waals surface area contributed by atoms with Crippen LogP contribution in [0.25, 0.3) is 0 Å². The maximum Gasteiger partial charge on any atom is 0.262 e. The first-order valence-corrected chi connectivity index (χ1v) is 10.7. The summed E-state index contributed by atoms with van der Waals surface area (Å²) < 4.78 is 16.6. The largest absolute Gasteiger partial charge is 0.497 e. The molecule has 2 N–H and O–H groups in total. The maximum atomic E-state index is 12.2. The minimum Gasteiger partial charge on any atom is -0.497 e. The van der Waals surface area contributed by atoms with E-state index in [1.165, 1.54) is 32.1 Å². The molecule has 1 amide bonds. The van der Waals surface area contributed by atoms with Crippen molar-refractivity contribution in [2.24, 2.45) is 0 Å². The van der Waals surface area contributed by atoms with Crippen molar-refractivity contribution in [2.45, 2.75) is 51.6 Å². The van der Waals surface area contributed by atoms with Crippen LogP contribution in [0.4, 0.5) is 5.69 Å². The number of nitrogens with one attached hydrogen (secondary N) is 2. The summed E-state index contributed by atoms with van der Waals surface area (Å²) in [6, 6.07) is 13.7. The minimum absolute atomic E-state index is 0.0915. The summed E-state index contributed by atoms with van der Waals surface area (Å²) in [6.45, 7) is 3.19. The number of anilines is 1. The summed E-state index contributed by atoms with van der Waals surface area (Å²) in [7, 11) is 1.61. The van der Waals surface area contributed by atoms with E-state index in [0.717, 1.165) is 17.9 Å². The zero-order chi connectivity index (χ0) is 21.2. The molecule has 6 heteroatoms. The van der Waals surface area contributed by atoms with Gasteiger partial charge >= 0.3 is 0 Å². The van der Waals surface area contributed by atoms with Gasteiger partial charge in [-0.1, -0.05) is 25.3 Å². The summed E-state index contributed by atoms with van der Waals surface area (Å²) in [6.07, 6.45) is 6.48. The predicted octanol–water partition coefficient (Wildman–Crippen LogP) is 4.53. The lowest BCUT2D eigenvalue weighted by molar-refractivity contribution is -0.118. The Kier molecular flexibility index (Phi) is 8.39. The first kappa shape index (κ1) is 22.0. The molecular formula is C24H32N2O4. The molecule has 0 spiro atoms. The minimum atomic E-state index is -0.231. The lowest BCUT2D eigenvalue weighted by atomic mass is 9.95. The first-order valence-electron chi connectivity index (χ1n) is 10.7. The van der Waals surface area contributed by atoms with Gasteiger partial charge in [0.05, 0.1) is 13.7 Å². The molecule has 0 bridgehead atoms. The zero-order valence-corrected chi connectivity index (χ0v) is 17.9. The van der Waals surface area contributed by atoms with Crippen LogP contribution in [0.2, 0.25) is 0 Å². The van der Waals surface area contributed by atoms with E-state index in [1.807, 2.05) is 25.1 Å². The van der Waals surface area contributed by atoms with Crippen LogP contribution in [0.5, 0.6) is 17.2 Å². The predicted molar refractivity (Wildman–Crippen MR) is 118 cm³/mol. The van der Waals surface area contributed by atoms with E-state index in [1.54, 1.807) is 31.4 Å². The normalized spacial score (nSPS) is 14.2. The molecular weight excluding hydrogens is 380 g/mol. The van der Waals surface area contributed by atoms with Gasteiger partial charge in [0.15, 0.2) is 18.1 Å². The van der Waals surface area contributed by atoms with Crippen LogP contribution in [-0.4, -0.2) is 32.3 Å². The SMILES string of the molecule is CCOc1cc(CNC2CCCCC2)ccc1OCC(=O)Nc1ccc(OC)cc1. The van der Waals surface area contributed by atoms with Crippen LogP contribution in [0.15, 0.2) is 42.5 Å². The molecule has 0 atom stereocenters. The van der Waals surface area contributed by atoms with Crippen molar-refractivity contribution in [1.29, 1.82) is 0 Å². The molecule has 1 aliphatic carbocycles. The van der Waals surface area contributed by atoms with Crippen LogP contribution < -0.4 is 24.8 Å². The van der Waals surface area contributed by atoms with Gasteiger partial charge in [-0.05, 0) is 61.7 Å². The van der Waals surface area contributed by atoms with E-state index < -0.39 is 0 Å². The third-order valence-electron chi connectivity index (χ3n) is 5.24. The second kappa shape index (κ2) is 11.5. The zero-order valence-electron chi connectivity index (χ0n) is 17.9. The Hall–Kier alpha value is -2.73. The number of hydrogen-bond acceptors (Lipinski definition) is 5. The van der Waals surface area contributed by atoms with Gasteiger partial charge in [-0.15, -0.1) is 0 Å². The van der Waals surface area contributed by atoms with Gasteiger partial charge in [-0.3, -0.25) is 4.79 Å². The quantitative estimate of drug-likeness (QED) is 0.600. The molecule has 2 aromatic rings. The number of carbonyl (C=O) groups is 1. The smallest absolute Gasteiger partial charge is 0.262 e. The van der Waals surface area contributed by atoms with Crippen molar-refractivity contribution in [1.82, 2.24) is 5.32 Å². The van der Waals surface area contributed by atoms with Crippen LogP contribution in [0, 0.1) is 0 Å². The summed E-state index contributed by atoms with van der Waals surface area (Å²) >= 11 is 0. The monoisotopic (exact) mass is 412 g/mol. The molecule has 162 valence electrons. The van der Waals surface area contributed by atoms with Gasteiger partial charge in [-0.2, -0.15) is 0 Å². The molecule has 1 saturated carbocycles. The fraction of sp³-hybridized carbons (Fsp3) is 0.458. The third-order valence-corrected chi connectivity index (χ3v) is 5.24. The fourth-order valence-electron chi connectivity index (χ4n) is 3.63. The molecule has 1 fully saturated rings. The van der Waals surface area contributed by atoms with E-state index in [4.69, 9.17) is 14.2 Å². The Labute approximate surface area is 178 Å². The summed E-state index contributed by atoms with van der Waals surface area (Å²) in [5.41, 5.74) is 1.85. The number of benzene rings is 2. The lowest BCUT2D eigenvalue weighted by Crippen LogP contribution is -2.30. The van der Waals surface area contributed by atoms with Crippen LogP contribution >= 0.6 is 0 Å². The Morgan fingerprint density at radius 3 is 2.47 bits per heavy atom. The van der Waals surface area contributed by atoms with E-state index in [2.05, 4.69) is 10.6 Å². The number of amides is 1. The molecule has 6 nitrogen and oxygen atoms in total. The second-order valence-corrected chi connectivity index (χ2v) is 7.50. The maximum absolute atomic E-state index is 12.2. The number of methoxy groups -OCH3 is 1. The third kappa shape index (κ3) is 6.66. The summed E-state index contributed by atoms with van der Waals surface area (Å²) in [5.74, 6) is 1.75. The highest BCUT2D eigenvalue weighted by Crippen LogP contribution is 2.29. The van der Waals surface area contributed by atoms with Crippen molar-refractivity contribution >= 4 is 11.6 Å². The summed E-state index contributed by atoms with van der Waals surface area (Å²) in [5, 5.41) is 6.46. The van der Waals surface area contributed by atoms with Gasteiger partial charge < -0.3 is 24.8 Å². The van der Waals surface area contributed by atoms with Crippen molar-refractivity contribution in [3.8, 4) is 17.2 Å². The van der Waals surface area contributed by atoms with Gasteiger partial charge in [0.25, 0.3) is 5.91 Å². The van der Waals surface area contributed by atoms with E-state index >= 15 is 0 Å². The highest BCUT2D eigenvalue weighted by molar-refractivity contribution is 5.91. The molecule has 0 unspecified atom stereocenters. The van der Waals surface area contributed by atoms with Gasteiger partial charge in [0.2, 0.25) is 0 Å². The van der Waals surface area contributed by atoms with Crippen molar-refractivity contribution in [3.63, 3.8) is 0 Å². The van der Waals surface area contributed by atoms with Crippen LogP contribution in [0.3, 0.4) is 0 Å². The molecule has 0 aliphatic heterocycles. The number of hydrogen-bond donors (Lipinski definition) is 2. The van der Waals surface area contributed by atoms with Crippen LogP contribution in [0.1, 0.15) is 44.6 Å². The molecule has 0 aromatic heterocycles. The summed E-state index contributed by atoms with van der Waals surface area (Å²) in [4.78, 5) is 12.2. The first-order chi connectivity index (χ1) is 14.7. The number of rotatable bonds is 10. The lowest BCUT2D eigenvalue weighted by Gasteiger charge is -2.23. The average molecular weight is 413 g/mol. The molecule has 0 heterocycles. The van der Waals surface area contributed by atoms with Gasteiger partial charge in [0.1, 0.15) is 5.75 Å². The molecule has 0 radical (unpaired) electrons. The Morgan fingerprint density at radius 1 is 1.00 bits per heavy atom. The Morgan fingerprint density at radius 2 is 1.77 bits per heavy atom. The molecule has 30 heavy (non-hydrogen) atoms. The topological polar surface area (TPSA) is 68.8 Å². The van der Waals surface area contributed by atoms with E-state index in [0.29, 0.717) is 29.8 Å². The Balaban J connectivity index is 1.53. The van der Waals surface area contributed by atoms with Gasteiger partial charge in [-0.25, -0.2) is 0 Å². The molecule has 3 rings (SSSR count). The fourth-order valence-corrected chi connectivity index (χ4v) is 3.63. The standard InChI is InChI=1S/C24H32N2O4/c1-3-29-23-15-18(16-25-19-7-5-4-6-8-19)9-14-22(23)30-17-24(27)26-20-10-12-21(28-2)13-11-20/h9-15,19,25H,3-8,16-17H2,1-2H3,(H,26,27). The van der Waals surface area contributed by atoms with Crippen molar-refractivity contribution < 1.29 is 19.0 Å². The van der Waals surface area contributed by atoms with Crippen LogP contribution in [-0.2, 0) is 11.3 Å². The number of carbonyl (C=O) groups excluding carboxylic acids is 1. The van der Waals surface area contributed by atoms with Crippen molar-refractivity contribution in [3.05, 3.63) is 48.0 Å². The average Bonchev–Trinajstić information content (AvgIpc) is 2.78. The Bertz CT molecular complexity index is 801. The van der Waals surface area contributed by atoms with E-state index in [-0.39, 0.29) is 12.5 Å². The second-order valence-electron chi connectivity index (χ2n) is 7.50. The molecule has 2 aromatic carbocycles. The van der Waals surface area contributed by atoms with Crippen molar-refractivity contribution in [2.75, 3.05) is 25.6 Å².